The van der Waals surface area contributed by atoms with Crippen molar-refractivity contribution in [3.63, 3.8) is 0 Å². The molecule has 0 amide bonds. The maximum atomic E-state index is 2.31. The van der Waals surface area contributed by atoms with Gasteiger partial charge in [0, 0.05) is 24.0 Å². The Kier molecular flexibility index (Phi) is 7.79. The molecule has 1 nitrogen and oxygen atoms in total. The van der Waals surface area contributed by atoms with Gasteiger partial charge in [-0.3, -0.25) is 0 Å². The molecule has 0 aliphatic heterocycles. The molecule has 6 rings (SSSR count). The molecular weight excluding hydrogens is 470 g/mol. The summed E-state index contributed by atoms with van der Waals surface area (Å²) in [4.78, 5) is 2.31. The third kappa shape index (κ3) is 5.59. The lowest BCUT2D eigenvalue weighted by molar-refractivity contribution is 0.868. The van der Waals surface area contributed by atoms with Crippen LogP contribution in [0.2, 0.25) is 0 Å². The number of anilines is 2. The molecule has 6 aromatic rings. The first-order valence-electron chi connectivity index (χ1n) is 13.8. The summed E-state index contributed by atoms with van der Waals surface area (Å²) in [6, 6.07) is 45.4. The van der Waals surface area contributed by atoms with E-state index in [4.69, 9.17) is 0 Å². The second-order valence-electron chi connectivity index (χ2n) is 10.6. The van der Waals surface area contributed by atoms with Crippen LogP contribution in [0.15, 0.2) is 127 Å². The number of para-hydroxylation sites is 1. The minimum Gasteiger partial charge on any atom is -0.344 e. The van der Waals surface area contributed by atoms with E-state index >= 15 is 0 Å². The smallest absolute Gasteiger partial charge is 0.0491 e. The van der Waals surface area contributed by atoms with Crippen molar-refractivity contribution in [2.45, 2.75) is 33.6 Å². The van der Waals surface area contributed by atoms with E-state index in [0.717, 1.165) is 0 Å². The van der Waals surface area contributed by atoms with Crippen molar-refractivity contribution in [1.82, 2.24) is 0 Å². The Morgan fingerprint density at radius 2 is 1.18 bits per heavy atom. The van der Waals surface area contributed by atoms with Crippen LogP contribution in [-0.4, -0.2) is 7.05 Å². The van der Waals surface area contributed by atoms with Gasteiger partial charge in [-0.05, 0) is 76.2 Å². The maximum Gasteiger partial charge on any atom is 0.0491 e. The van der Waals surface area contributed by atoms with Crippen molar-refractivity contribution in [3.8, 4) is 11.1 Å². The molecule has 0 spiro atoms. The normalized spacial score (nSPS) is 10.9. The van der Waals surface area contributed by atoms with Crippen LogP contribution in [0, 0.1) is 13.8 Å². The summed E-state index contributed by atoms with van der Waals surface area (Å²) < 4.78 is 0. The van der Waals surface area contributed by atoms with Crippen molar-refractivity contribution < 1.29 is 0 Å². The third-order valence-electron chi connectivity index (χ3n) is 7.49. The highest BCUT2D eigenvalue weighted by Crippen LogP contribution is 2.43. The molecule has 0 saturated heterocycles. The molecule has 0 bridgehead atoms. The van der Waals surface area contributed by atoms with E-state index in [9.17, 15) is 0 Å². The largest absolute Gasteiger partial charge is 0.344 e. The van der Waals surface area contributed by atoms with Crippen molar-refractivity contribution in [3.05, 3.63) is 144 Å². The second kappa shape index (κ2) is 11.6. The van der Waals surface area contributed by atoms with Crippen molar-refractivity contribution >= 4 is 32.9 Å². The van der Waals surface area contributed by atoms with Gasteiger partial charge in [-0.2, -0.15) is 0 Å². The SMILES string of the molecule is Cc1ccc2ccccc2c1.Cc1ccc2ccccc2c1-c1c(C(C)C)cccc1N(C)c1ccccc1. The number of hydrogen-bond acceptors (Lipinski definition) is 1. The summed E-state index contributed by atoms with van der Waals surface area (Å²) in [5.74, 6) is 0.442. The van der Waals surface area contributed by atoms with Crippen molar-refractivity contribution in [1.29, 1.82) is 0 Å². The molecule has 0 N–H and O–H groups in total. The van der Waals surface area contributed by atoms with E-state index < -0.39 is 0 Å². The second-order valence-corrected chi connectivity index (χ2v) is 10.6. The van der Waals surface area contributed by atoms with Gasteiger partial charge >= 0.3 is 0 Å². The summed E-state index contributed by atoms with van der Waals surface area (Å²) in [7, 11) is 2.17. The first-order chi connectivity index (χ1) is 18.9. The van der Waals surface area contributed by atoms with Crippen LogP contribution in [-0.2, 0) is 0 Å². The van der Waals surface area contributed by atoms with Gasteiger partial charge in [0.25, 0.3) is 0 Å². The molecule has 0 aliphatic carbocycles. The van der Waals surface area contributed by atoms with E-state index in [1.807, 2.05) is 0 Å². The molecule has 0 atom stereocenters. The van der Waals surface area contributed by atoms with Gasteiger partial charge in [-0.15, -0.1) is 0 Å². The van der Waals surface area contributed by atoms with Crippen molar-refractivity contribution in [2.75, 3.05) is 11.9 Å². The maximum absolute atomic E-state index is 2.31. The van der Waals surface area contributed by atoms with Crippen LogP contribution in [0.1, 0.15) is 36.5 Å². The molecule has 0 aromatic heterocycles. The third-order valence-corrected chi connectivity index (χ3v) is 7.49. The molecule has 194 valence electrons. The zero-order chi connectivity index (χ0) is 27.4. The highest BCUT2D eigenvalue weighted by molar-refractivity contribution is 6.02. The molecule has 0 aliphatic rings. The Morgan fingerprint density at radius 1 is 0.538 bits per heavy atom. The van der Waals surface area contributed by atoms with E-state index in [2.05, 4.69) is 167 Å². The predicted molar refractivity (Wildman–Crippen MR) is 171 cm³/mol. The Bertz CT molecular complexity index is 1710. The van der Waals surface area contributed by atoms with Gasteiger partial charge in [0.2, 0.25) is 0 Å². The van der Waals surface area contributed by atoms with Gasteiger partial charge in [0.15, 0.2) is 0 Å². The van der Waals surface area contributed by atoms with Gasteiger partial charge in [0.05, 0.1) is 0 Å². The van der Waals surface area contributed by atoms with Gasteiger partial charge in [-0.25, -0.2) is 0 Å². The first-order valence-corrected chi connectivity index (χ1v) is 13.8. The van der Waals surface area contributed by atoms with Crippen molar-refractivity contribution in [2.24, 2.45) is 0 Å². The summed E-state index contributed by atoms with van der Waals surface area (Å²) in [6.45, 7) is 8.91. The standard InChI is InChI=1S/C27H27N.C11H10/c1-19(2)23-15-10-16-25(28(4)22-12-6-5-7-13-22)27(23)26-20(3)17-18-21-11-8-9-14-24(21)26;1-9-6-7-10-4-2-3-5-11(10)8-9/h5-19H,1-4H3;2-8H,1H3. The van der Waals surface area contributed by atoms with Gasteiger partial charge in [0.1, 0.15) is 0 Å². The molecule has 0 heterocycles. The Hall–Kier alpha value is -4.36. The fourth-order valence-electron chi connectivity index (χ4n) is 5.40. The summed E-state index contributed by atoms with van der Waals surface area (Å²) >= 11 is 0. The molecule has 6 aromatic carbocycles. The highest BCUT2D eigenvalue weighted by atomic mass is 15.1. The van der Waals surface area contributed by atoms with Gasteiger partial charge < -0.3 is 4.90 Å². The monoisotopic (exact) mass is 507 g/mol. The fourth-order valence-corrected chi connectivity index (χ4v) is 5.40. The lowest BCUT2D eigenvalue weighted by Gasteiger charge is -2.27. The minimum absolute atomic E-state index is 0.442. The number of benzene rings is 6. The zero-order valence-corrected chi connectivity index (χ0v) is 23.6. The summed E-state index contributed by atoms with van der Waals surface area (Å²) in [6.07, 6.45) is 0. The van der Waals surface area contributed by atoms with Crippen LogP contribution in [0.5, 0.6) is 0 Å². The van der Waals surface area contributed by atoms with Gasteiger partial charge in [-0.1, -0.05) is 129 Å². The number of aryl methyl sites for hydroxylation is 2. The van der Waals surface area contributed by atoms with Crippen LogP contribution < -0.4 is 4.90 Å². The van der Waals surface area contributed by atoms with Crippen LogP contribution >= 0.6 is 0 Å². The predicted octanol–water partition coefficient (Wildman–Crippen LogP) is 10.9. The first kappa shape index (κ1) is 26.3. The van der Waals surface area contributed by atoms with Crippen LogP contribution in [0.3, 0.4) is 0 Å². The number of rotatable bonds is 4. The Balaban J connectivity index is 0.000000233. The molecule has 1 heteroatoms. The molecular formula is C38H37N. The van der Waals surface area contributed by atoms with E-state index in [-0.39, 0.29) is 0 Å². The average Bonchev–Trinajstić information content (AvgIpc) is 2.97. The quantitative estimate of drug-likeness (QED) is 0.229. The number of nitrogens with zero attached hydrogens (tertiary/aromatic N) is 1. The van der Waals surface area contributed by atoms with E-state index in [1.165, 1.54) is 60.7 Å². The van der Waals surface area contributed by atoms with Crippen LogP contribution in [0.25, 0.3) is 32.7 Å². The summed E-state index contributed by atoms with van der Waals surface area (Å²) in [5.41, 5.74) is 9.16. The number of fused-ring (bicyclic) bond motifs is 2. The molecule has 0 radical (unpaired) electrons. The van der Waals surface area contributed by atoms with E-state index in [0.29, 0.717) is 5.92 Å². The fraction of sp³-hybridized carbons (Fsp3) is 0.158. The molecule has 0 saturated carbocycles. The zero-order valence-electron chi connectivity index (χ0n) is 23.6. The number of hydrogen-bond donors (Lipinski definition) is 0. The topological polar surface area (TPSA) is 3.24 Å². The molecule has 39 heavy (non-hydrogen) atoms. The van der Waals surface area contributed by atoms with Crippen LogP contribution in [0.4, 0.5) is 11.4 Å². The molecule has 0 unspecified atom stereocenters. The highest BCUT2D eigenvalue weighted by Gasteiger charge is 2.20. The summed E-state index contributed by atoms with van der Waals surface area (Å²) in [5, 5.41) is 5.25. The minimum atomic E-state index is 0.442. The Labute approximate surface area is 233 Å². The Morgan fingerprint density at radius 3 is 1.92 bits per heavy atom. The average molecular weight is 508 g/mol. The van der Waals surface area contributed by atoms with E-state index in [1.54, 1.807) is 0 Å². The lowest BCUT2D eigenvalue weighted by Crippen LogP contribution is -2.12. The molecule has 0 fully saturated rings. The lowest BCUT2D eigenvalue weighted by atomic mass is 9.86.